The highest BCUT2D eigenvalue weighted by molar-refractivity contribution is 5.82. The van der Waals surface area contributed by atoms with Gasteiger partial charge in [-0.25, -0.2) is 0 Å². The number of para-hydroxylation sites is 1. The van der Waals surface area contributed by atoms with E-state index < -0.39 is 12.1 Å². The van der Waals surface area contributed by atoms with Gasteiger partial charge in [-0.3, -0.25) is 9.69 Å². The van der Waals surface area contributed by atoms with Gasteiger partial charge in [0.25, 0.3) is 0 Å². The number of piperazine rings is 1. The van der Waals surface area contributed by atoms with E-state index in [1.165, 1.54) is 0 Å². The fourth-order valence-electron chi connectivity index (χ4n) is 2.75. The fourth-order valence-corrected chi connectivity index (χ4v) is 2.75. The molecule has 0 spiro atoms. The number of aromatic amines is 1. The predicted octanol–water partition coefficient (Wildman–Crippen LogP) is 2.37. The highest BCUT2D eigenvalue weighted by Gasteiger charge is 2.43. The van der Waals surface area contributed by atoms with Crippen molar-refractivity contribution in [2.75, 3.05) is 26.2 Å². The zero-order chi connectivity index (χ0) is 15.7. The van der Waals surface area contributed by atoms with Gasteiger partial charge in [-0.2, -0.15) is 13.2 Å². The zero-order valence-corrected chi connectivity index (χ0v) is 11.9. The van der Waals surface area contributed by atoms with Crippen LogP contribution in [0.1, 0.15) is 5.69 Å². The molecule has 2 aromatic rings. The van der Waals surface area contributed by atoms with Crippen LogP contribution < -0.4 is 0 Å². The molecule has 1 fully saturated rings. The molecule has 1 aromatic carbocycles. The van der Waals surface area contributed by atoms with Gasteiger partial charge in [0.05, 0.1) is 0 Å². The third-order valence-electron chi connectivity index (χ3n) is 3.88. The minimum Gasteiger partial charge on any atom is -0.357 e. The lowest BCUT2D eigenvalue weighted by Crippen LogP contribution is -2.52. The van der Waals surface area contributed by atoms with Gasteiger partial charge in [-0.15, -0.1) is 0 Å². The van der Waals surface area contributed by atoms with E-state index >= 15 is 0 Å². The minimum atomic E-state index is -4.78. The lowest BCUT2D eigenvalue weighted by atomic mass is 10.2. The highest BCUT2D eigenvalue weighted by atomic mass is 19.4. The summed E-state index contributed by atoms with van der Waals surface area (Å²) < 4.78 is 37.2. The van der Waals surface area contributed by atoms with E-state index in [1.807, 2.05) is 35.2 Å². The van der Waals surface area contributed by atoms with Gasteiger partial charge in [0, 0.05) is 43.9 Å². The second-order valence-corrected chi connectivity index (χ2v) is 5.45. The Labute approximate surface area is 125 Å². The van der Waals surface area contributed by atoms with Crippen molar-refractivity contribution in [3.63, 3.8) is 0 Å². The molecule has 1 saturated heterocycles. The van der Waals surface area contributed by atoms with Crippen molar-refractivity contribution >= 4 is 16.8 Å². The van der Waals surface area contributed by atoms with Gasteiger partial charge in [-0.1, -0.05) is 18.2 Å². The molecule has 1 aromatic heterocycles. The number of amides is 1. The topological polar surface area (TPSA) is 39.3 Å². The molecule has 22 heavy (non-hydrogen) atoms. The normalized spacial score (nSPS) is 17.1. The summed E-state index contributed by atoms with van der Waals surface area (Å²) in [5.41, 5.74) is 2.07. The van der Waals surface area contributed by atoms with Gasteiger partial charge in [0.1, 0.15) is 0 Å². The summed E-state index contributed by atoms with van der Waals surface area (Å²) in [4.78, 5) is 17.4. The Hall–Kier alpha value is -2.02. The first-order valence-corrected chi connectivity index (χ1v) is 7.08. The molecule has 0 radical (unpaired) electrons. The van der Waals surface area contributed by atoms with Crippen LogP contribution in [0.5, 0.6) is 0 Å². The highest BCUT2D eigenvalue weighted by Crippen LogP contribution is 2.20. The molecule has 1 amide bonds. The van der Waals surface area contributed by atoms with E-state index in [2.05, 4.69) is 4.98 Å². The first-order chi connectivity index (χ1) is 10.4. The number of hydrogen-bond acceptors (Lipinski definition) is 2. The molecule has 1 aliphatic rings. The van der Waals surface area contributed by atoms with Crippen LogP contribution in [0.4, 0.5) is 13.2 Å². The lowest BCUT2D eigenvalue weighted by molar-refractivity contribution is -0.187. The van der Waals surface area contributed by atoms with E-state index in [9.17, 15) is 18.0 Å². The quantitative estimate of drug-likeness (QED) is 0.925. The first kappa shape index (κ1) is 14.9. The zero-order valence-electron chi connectivity index (χ0n) is 11.9. The van der Waals surface area contributed by atoms with E-state index in [1.54, 1.807) is 0 Å². The Kier molecular flexibility index (Phi) is 3.82. The van der Waals surface area contributed by atoms with Crippen molar-refractivity contribution in [1.29, 1.82) is 0 Å². The molecular weight excluding hydrogens is 295 g/mol. The smallest absolute Gasteiger partial charge is 0.357 e. The molecule has 1 aliphatic heterocycles. The Bertz CT molecular complexity index is 639. The maximum Gasteiger partial charge on any atom is 0.471 e. The van der Waals surface area contributed by atoms with Crippen molar-refractivity contribution in [3.05, 3.63) is 36.0 Å². The summed E-state index contributed by atoms with van der Waals surface area (Å²) >= 11 is 0. The second-order valence-electron chi connectivity index (χ2n) is 5.45. The maximum absolute atomic E-state index is 12.4. The third kappa shape index (κ3) is 3.09. The van der Waals surface area contributed by atoms with E-state index in [-0.39, 0.29) is 13.1 Å². The Morgan fingerprint density at radius 2 is 1.82 bits per heavy atom. The predicted molar refractivity (Wildman–Crippen MR) is 76.2 cm³/mol. The van der Waals surface area contributed by atoms with Crippen LogP contribution in [0, 0.1) is 0 Å². The van der Waals surface area contributed by atoms with E-state index in [4.69, 9.17) is 0 Å². The number of H-pyrrole nitrogens is 1. The lowest BCUT2D eigenvalue weighted by Gasteiger charge is -2.34. The summed E-state index contributed by atoms with van der Waals surface area (Å²) in [6.45, 7) is 1.74. The second kappa shape index (κ2) is 5.64. The van der Waals surface area contributed by atoms with Crippen molar-refractivity contribution in [2.45, 2.75) is 12.7 Å². The molecule has 1 N–H and O–H groups in total. The monoisotopic (exact) mass is 311 g/mol. The number of benzene rings is 1. The average Bonchev–Trinajstić information content (AvgIpc) is 2.88. The largest absolute Gasteiger partial charge is 0.471 e. The van der Waals surface area contributed by atoms with Crippen LogP contribution in [0.2, 0.25) is 0 Å². The summed E-state index contributed by atoms with van der Waals surface area (Å²) in [6, 6.07) is 9.95. The van der Waals surface area contributed by atoms with Crippen molar-refractivity contribution < 1.29 is 18.0 Å². The summed E-state index contributed by atoms with van der Waals surface area (Å²) in [6.07, 6.45) is -4.78. The van der Waals surface area contributed by atoms with Gasteiger partial charge in [-0.05, 0) is 17.5 Å². The number of fused-ring (bicyclic) bond motifs is 1. The van der Waals surface area contributed by atoms with Gasteiger partial charge in [0.2, 0.25) is 0 Å². The summed E-state index contributed by atoms with van der Waals surface area (Å²) in [5.74, 6) is -1.74. The molecule has 3 rings (SSSR count). The standard InChI is InChI=1S/C15H16F3N3O/c16-15(17,18)14(22)21-7-5-20(6-8-21)10-12-9-11-3-1-2-4-13(11)19-12/h1-4,9,19H,5-8,10H2. The van der Waals surface area contributed by atoms with E-state index in [0.717, 1.165) is 21.5 Å². The number of rotatable bonds is 2. The van der Waals surface area contributed by atoms with Crippen LogP contribution in [-0.4, -0.2) is 53.0 Å². The van der Waals surface area contributed by atoms with Crippen molar-refractivity contribution in [3.8, 4) is 0 Å². The van der Waals surface area contributed by atoms with Crippen LogP contribution in [-0.2, 0) is 11.3 Å². The van der Waals surface area contributed by atoms with Crippen molar-refractivity contribution in [2.24, 2.45) is 0 Å². The SMILES string of the molecule is O=C(N1CCN(Cc2cc3ccccc3[nH]2)CC1)C(F)(F)F. The summed E-state index contributed by atoms with van der Waals surface area (Å²) in [7, 11) is 0. The molecule has 2 heterocycles. The molecule has 0 aliphatic carbocycles. The number of carbonyl (C=O) groups is 1. The van der Waals surface area contributed by atoms with Crippen molar-refractivity contribution in [1.82, 2.24) is 14.8 Å². The van der Waals surface area contributed by atoms with Crippen LogP contribution >= 0.6 is 0 Å². The van der Waals surface area contributed by atoms with Crippen LogP contribution in [0.25, 0.3) is 10.9 Å². The average molecular weight is 311 g/mol. The molecule has 0 atom stereocenters. The first-order valence-electron chi connectivity index (χ1n) is 7.08. The van der Waals surface area contributed by atoms with E-state index in [0.29, 0.717) is 19.6 Å². The van der Waals surface area contributed by atoms with Gasteiger partial charge >= 0.3 is 12.1 Å². The maximum atomic E-state index is 12.4. The number of carbonyl (C=O) groups excluding carboxylic acids is 1. The number of hydrogen-bond donors (Lipinski definition) is 1. The van der Waals surface area contributed by atoms with Gasteiger partial charge < -0.3 is 9.88 Å². The number of alkyl halides is 3. The Morgan fingerprint density at radius 1 is 1.14 bits per heavy atom. The molecule has 4 nitrogen and oxygen atoms in total. The molecule has 7 heteroatoms. The number of halogens is 3. The third-order valence-corrected chi connectivity index (χ3v) is 3.88. The number of nitrogens with zero attached hydrogens (tertiary/aromatic N) is 2. The van der Waals surface area contributed by atoms with Gasteiger partial charge in [0.15, 0.2) is 0 Å². The molecular formula is C15H16F3N3O. The minimum absolute atomic E-state index is 0.110. The Balaban J connectivity index is 1.59. The number of nitrogens with one attached hydrogen (secondary N) is 1. The Morgan fingerprint density at radius 3 is 2.45 bits per heavy atom. The van der Waals surface area contributed by atoms with Crippen LogP contribution in [0.3, 0.4) is 0 Å². The fraction of sp³-hybridized carbons (Fsp3) is 0.400. The van der Waals surface area contributed by atoms with Crippen LogP contribution in [0.15, 0.2) is 30.3 Å². The molecule has 118 valence electrons. The summed E-state index contributed by atoms with van der Waals surface area (Å²) in [5, 5.41) is 1.11. The molecule has 0 saturated carbocycles. The molecule has 0 unspecified atom stereocenters. The molecule has 0 bridgehead atoms. The number of aromatic nitrogens is 1.